The van der Waals surface area contributed by atoms with Crippen LogP contribution in [0.15, 0.2) is 53.8 Å². The molecular formula is C27H32N2O4. The van der Waals surface area contributed by atoms with E-state index in [0.717, 1.165) is 28.8 Å². The van der Waals surface area contributed by atoms with Gasteiger partial charge in [0, 0.05) is 23.2 Å². The fourth-order valence-electron chi connectivity index (χ4n) is 5.80. The first-order chi connectivity index (χ1) is 15.9. The van der Waals surface area contributed by atoms with E-state index in [4.69, 9.17) is 9.57 Å². The van der Waals surface area contributed by atoms with Crippen molar-refractivity contribution in [3.8, 4) is 11.1 Å². The molecule has 174 valence electrons. The van der Waals surface area contributed by atoms with Gasteiger partial charge in [-0.1, -0.05) is 61.8 Å². The van der Waals surface area contributed by atoms with Gasteiger partial charge in [0.2, 0.25) is 0 Å². The third kappa shape index (κ3) is 4.32. The number of rotatable bonds is 6. The minimum Gasteiger partial charge on any atom is -0.460 e. The summed E-state index contributed by atoms with van der Waals surface area (Å²) in [6.45, 7) is 6.18. The molecule has 0 amide bonds. The molecule has 1 N–H and O–H groups in total. The van der Waals surface area contributed by atoms with E-state index in [9.17, 15) is 9.90 Å². The van der Waals surface area contributed by atoms with Crippen LogP contribution in [0.3, 0.4) is 0 Å². The molecule has 0 spiro atoms. The van der Waals surface area contributed by atoms with Gasteiger partial charge in [0.05, 0.1) is 11.9 Å². The number of aliphatic hydroxyl groups is 1. The van der Waals surface area contributed by atoms with Crippen LogP contribution in [0.2, 0.25) is 0 Å². The lowest BCUT2D eigenvalue weighted by Gasteiger charge is -2.45. The number of hydrogen-bond donors (Lipinski definition) is 1. The minimum atomic E-state index is -1.40. The lowest BCUT2D eigenvalue weighted by Crippen LogP contribution is -2.53. The Balaban J connectivity index is 1.60. The van der Waals surface area contributed by atoms with Gasteiger partial charge in [-0.3, -0.25) is 4.98 Å². The normalized spacial score (nSPS) is 31.7. The Hall–Kier alpha value is -2.99. The molecule has 33 heavy (non-hydrogen) atoms. The first kappa shape index (κ1) is 23.2. The number of pyridine rings is 1. The van der Waals surface area contributed by atoms with E-state index in [1.54, 1.807) is 6.21 Å². The zero-order valence-electron chi connectivity index (χ0n) is 19.6. The average Bonchev–Trinajstić information content (AvgIpc) is 3.03. The van der Waals surface area contributed by atoms with E-state index >= 15 is 0 Å². The molecule has 2 aromatic rings. The number of carbonyl (C=O) groups is 1. The molecule has 2 fully saturated rings. The lowest BCUT2D eigenvalue weighted by atomic mass is 9.59. The fourth-order valence-corrected chi connectivity index (χ4v) is 5.80. The van der Waals surface area contributed by atoms with E-state index in [1.807, 2.05) is 55.6 Å². The predicted octanol–water partition coefficient (Wildman–Crippen LogP) is 4.72. The Morgan fingerprint density at radius 2 is 2.06 bits per heavy atom. The minimum absolute atomic E-state index is 0.0395. The highest BCUT2D eigenvalue weighted by Crippen LogP contribution is 2.52. The number of benzene rings is 1. The number of cyclic esters (lactones) is 1. The molecule has 5 unspecified atom stereocenters. The Morgan fingerprint density at radius 3 is 2.76 bits per heavy atom. The van der Waals surface area contributed by atoms with Crippen molar-refractivity contribution >= 4 is 18.3 Å². The van der Waals surface area contributed by atoms with Crippen LogP contribution in [0.5, 0.6) is 0 Å². The van der Waals surface area contributed by atoms with Crippen LogP contribution in [0.25, 0.3) is 17.2 Å². The largest absolute Gasteiger partial charge is 0.460 e. The first-order valence-electron chi connectivity index (χ1n) is 11.6. The van der Waals surface area contributed by atoms with Crippen molar-refractivity contribution in [1.82, 2.24) is 4.98 Å². The number of carbonyl (C=O) groups excluding carboxylic acids is 1. The van der Waals surface area contributed by atoms with Gasteiger partial charge in [0.15, 0.2) is 5.60 Å². The van der Waals surface area contributed by atoms with Crippen molar-refractivity contribution in [3.63, 3.8) is 0 Å². The molecule has 1 aliphatic carbocycles. The molecule has 6 atom stereocenters. The smallest absolute Gasteiger partial charge is 0.338 e. The quantitative estimate of drug-likeness (QED) is 0.393. The molecular weight excluding hydrogens is 416 g/mol. The molecule has 6 nitrogen and oxygen atoms in total. The van der Waals surface area contributed by atoms with Crippen molar-refractivity contribution < 1.29 is 19.5 Å². The second-order valence-corrected chi connectivity index (χ2v) is 9.23. The standard InChI is InChI=1S/C27H32N2O4/c1-5-22-17(2)14-27(31)25(18(3)33-26(27)30)24(22)13-12-21-11-10-20(15-28-21)23-9-7-6-8-19(23)16-29-32-4/h6-13,15-18,22,24-25,31H,5,14H2,1-4H3/b13-12+,29-16+/t17?,18-,22?,24?,25?,27?/m1/s1. The van der Waals surface area contributed by atoms with Gasteiger partial charge in [-0.2, -0.15) is 0 Å². The van der Waals surface area contributed by atoms with Crippen molar-refractivity contribution in [2.45, 2.75) is 45.3 Å². The lowest BCUT2D eigenvalue weighted by molar-refractivity contribution is -0.160. The summed E-state index contributed by atoms with van der Waals surface area (Å²) in [7, 11) is 1.52. The van der Waals surface area contributed by atoms with Crippen LogP contribution in [0.1, 0.15) is 44.9 Å². The highest BCUT2D eigenvalue weighted by atomic mass is 16.6. The number of fused-ring (bicyclic) bond motifs is 1. The van der Waals surface area contributed by atoms with Gasteiger partial charge in [0.1, 0.15) is 13.2 Å². The third-order valence-electron chi connectivity index (χ3n) is 7.29. The maximum atomic E-state index is 12.4. The van der Waals surface area contributed by atoms with E-state index < -0.39 is 11.6 Å². The topological polar surface area (TPSA) is 81.0 Å². The molecule has 4 rings (SSSR count). The number of hydrogen-bond acceptors (Lipinski definition) is 6. The highest BCUT2D eigenvalue weighted by molar-refractivity contribution is 5.90. The Kier molecular flexibility index (Phi) is 6.66. The molecule has 6 heteroatoms. The van der Waals surface area contributed by atoms with Crippen molar-refractivity contribution in [2.24, 2.45) is 28.8 Å². The SMILES string of the molecule is CCC1C(C)CC2(O)C(=O)O[C@H](C)C2C1/C=C/c1ccc(-c2ccccc2/C=N/OC)cn1. The number of nitrogens with zero attached hydrogens (tertiary/aromatic N) is 2. The monoisotopic (exact) mass is 448 g/mol. The maximum Gasteiger partial charge on any atom is 0.338 e. The van der Waals surface area contributed by atoms with Crippen molar-refractivity contribution in [1.29, 1.82) is 0 Å². The number of aromatic nitrogens is 1. The van der Waals surface area contributed by atoms with Crippen LogP contribution in [-0.4, -0.2) is 41.1 Å². The summed E-state index contributed by atoms with van der Waals surface area (Å²) in [6, 6.07) is 12.0. The summed E-state index contributed by atoms with van der Waals surface area (Å²) in [5.41, 5.74) is 2.39. The summed E-state index contributed by atoms with van der Waals surface area (Å²) in [4.78, 5) is 21.9. The molecule has 0 bridgehead atoms. The van der Waals surface area contributed by atoms with Gasteiger partial charge in [-0.25, -0.2) is 4.79 Å². The maximum absolute atomic E-state index is 12.4. The van der Waals surface area contributed by atoms with Crippen LogP contribution in [-0.2, 0) is 14.4 Å². The first-order valence-corrected chi connectivity index (χ1v) is 11.6. The summed E-state index contributed by atoms with van der Waals surface area (Å²) >= 11 is 0. The van der Waals surface area contributed by atoms with Gasteiger partial charge in [-0.15, -0.1) is 0 Å². The molecule has 1 aromatic carbocycles. The van der Waals surface area contributed by atoms with Crippen LogP contribution < -0.4 is 0 Å². The van der Waals surface area contributed by atoms with Gasteiger partial charge < -0.3 is 14.7 Å². The van der Waals surface area contributed by atoms with Crippen LogP contribution in [0.4, 0.5) is 0 Å². The summed E-state index contributed by atoms with van der Waals surface area (Å²) in [5, 5.41) is 15.1. The van der Waals surface area contributed by atoms with Crippen molar-refractivity contribution in [2.75, 3.05) is 7.11 Å². The zero-order valence-corrected chi connectivity index (χ0v) is 19.6. The highest BCUT2D eigenvalue weighted by Gasteiger charge is 2.62. The van der Waals surface area contributed by atoms with Gasteiger partial charge in [-0.05, 0) is 48.8 Å². The molecule has 1 saturated carbocycles. The molecule has 0 radical (unpaired) electrons. The Morgan fingerprint density at radius 1 is 1.27 bits per heavy atom. The summed E-state index contributed by atoms with van der Waals surface area (Å²) in [5.74, 6) is -0.0803. The summed E-state index contributed by atoms with van der Waals surface area (Å²) < 4.78 is 5.48. The number of esters is 1. The second-order valence-electron chi connectivity index (χ2n) is 9.23. The fraction of sp³-hybridized carbons (Fsp3) is 0.444. The number of allylic oxidation sites excluding steroid dienone is 1. The third-order valence-corrected chi connectivity index (χ3v) is 7.29. The van der Waals surface area contributed by atoms with E-state index in [1.165, 1.54) is 7.11 Å². The predicted molar refractivity (Wildman–Crippen MR) is 128 cm³/mol. The van der Waals surface area contributed by atoms with E-state index in [0.29, 0.717) is 12.3 Å². The molecule has 1 aliphatic heterocycles. The molecule has 1 saturated heterocycles. The molecule has 2 aliphatic rings. The van der Waals surface area contributed by atoms with Crippen LogP contribution >= 0.6 is 0 Å². The van der Waals surface area contributed by atoms with Gasteiger partial charge in [0.25, 0.3) is 0 Å². The van der Waals surface area contributed by atoms with E-state index in [-0.39, 0.29) is 23.9 Å². The molecule has 1 aromatic heterocycles. The summed E-state index contributed by atoms with van der Waals surface area (Å²) in [6.07, 6.45) is 8.80. The Labute approximate surface area is 195 Å². The molecule has 2 heterocycles. The van der Waals surface area contributed by atoms with E-state index in [2.05, 4.69) is 30.1 Å². The Bertz CT molecular complexity index is 1050. The second kappa shape index (κ2) is 9.48. The van der Waals surface area contributed by atoms with Crippen molar-refractivity contribution in [3.05, 3.63) is 59.9 Å². The van der Waals surface area contributed by atoms with Gasteiger partial charge >= 0.3 is 5.97 Å². The number of oxime groups is 1. The average molecular weight is 449 g/mol. The van der Waals surface area contributed by atoms with Crippen LogP contribution in [0, 0.1) is 23.7 Å². The zero-order chi connectivity index (χ0) is 23.6. The number of ether oxygens (including phenoxy) is 1.